The molecule has 8 aliphatic rings. The lowest BCUT2D eigenvalue weighted by Crippen LogP contribution is -2.46. The van der Waals surface area contributed by atoms with Crippen LogP contribution in [0.3, 0.4) is 0 Å². The molecule has 426 valence electrons. The number of nitrogens with one attached hydrogen (secondary N) is 2. The monoisotopic (exact) mass is 1240 g/mol. The number of ether oxygens (including phenoxy) is 2. The van der Waals surface area contributed by atoms with Crippen LogP contribution in [0.1, 0.15) is 88.2 Å². The average molecular weight is 1240 g/mol. The number of piperidine rings is 2. The number of nitrogens with zero attached hydrogens (tertiary/aromatic N) is 8. The van der Waals surface area contributed by atoms with E-state index in [2.05, 4.69) is 30.6 Å². The number of likely N-dealkylation sites (tertiary alicyclic amines) is 4. The number of benzene rings is 2. The summed E-state index contributed by atoms with van der Waals surface area (Å²) in [6, 6.07) is 9.32. The van der Waals surface area contributed by atoms with Gasteiger partial charge in [-0.15, -0.1) is 33.2 Å². The molecule has 2 unspecified atom stereocenters. The maximum Gasteiger partial charge on any atom is 0.544 e. The first-order valence-electron chi connectivity index (χ1n) is 25.5. The normalized spacial score (nSPS) is 21.9. The zero-order valence-corrected chi connectivity index (χ0v) is 49.2. The fourth-order valence-corrected chi connectivity index (χ4v) is 13.4. The minimum absolute atomic E-state index is 0. The lowest BCUT2D eigenvalue weighted by molar-refractivity contribution is -0.175. The first kappa shape index (κ1) is 63.5. The van der Waals surface area contributed by atoms with Gasteiger partial charge < -0.3 is 38.9 Å². The van der Waals surface area contributed by atoms with Gasteiger partial charge in [0.2, 0.25) is 0 Å². The number of thiocarbonyl (C=S) groups is 1. The molecule has 78 heavy (non-hydrogen) atoms. The SMILES string of the molecule is Cl.Cl.O=C(Oc1cc(F)ccc1/C=C1\SC(N2CCCCN2)=NC1=S)N1CCC(N2CCCC2)CC1.O=C1N=C(N2CCCCN2)S/C1=C/c1ccc(F)cc1OC(=O)N1CCC(N2CCCC2)CC1.O=[P+]([O-])[P+]([O-])=S(=O)=O. The van der Waals surface area contributed by atoms with Crippen LogP contribution in [-0.4, -0.2) is 162 Å². The number of amidine groups is 2. The van der Waals surface area contributed by atoms with Gasteiger partial charge in [0.25, 0.3) is 5.91 Å². The van der Waals surface area contributed by atoms with E-state index in [-0.39, 0.29) is 42.2 Å². The topological polar surface area (TPSA) is 235 Å². The Morgan fingerprint density at radius 1 is 0.654 bits per heavy atom. The number of rotatable bonds is 7. The minimum atomic E-state index is -3.30. The molecule has 2 atom stereocenters. The lowest BCUT2D eigenvalue weighted by Gasteiger charge is -2.36. The van der Waals surface area contributed by atoms with Gasteiger partial charge in [0, 0.05) is 87.7 Å². The van der Waals surface area contributed by atoms with Gasteiger partial charge in [0.1, 0.15) is 28.1 Å². The van der Waals surface area contributed by atoms with Crippen LogP contribution in [0, 0.1) is 11.6 Å². The largest absolute Gasteiger partial charge is 0.575 e. The van der Waals surface area contributed by atoms with Crippen LogP contribution < -0.4 is 30.1 Å². The van der Waals surface area contributed by atoms with Crippen LogP contribution >= 0.6 is 74.9 Å². The maximum absolute atomic E-state index is 14.1. The Labute approximate surface area is 481 Å². The third-order valence-electron chi connectivity index (χ3n) is 13.8. The van der Waals surface area contributed by atoms with Gasteiger partial charge in [0.15, 0.2) is 10.3 Å². The lowest BCUT2D eigenvalue weighted by atomic mass is 10.0. The van der Waals surface area contributed by atoms with Crippen molar-refractivity contribution in [1.82, 2.24) is 40.5 Å². The zero-order chi connectivity index (χ0) is 53.7. The van der Waals surface area contributed by atoms with Gasteiger partial charge in [-0.1, -0.05) is 12.2 Å². The number of amides is 3. The Kier molecular flexibility index (Phi) is 25.2. The molecule has 2 aromatic carbocycles. The Balaban J connectivity index is 0.000000217. The molecule has 10 rings (SSSR count). The summed E-state index contributed by atoms with van der Waals surface area (Å²) in [7, 11) is -6.28. The Hall–Kier alpha value is -3.72. The van der Waals surface area contributed by atoms with Gasteiger partial charge in [0.05, 0.1) is 9.81 Å². The molecule has 6 fully saturated rings. The quantitative estimate of drug-likeness (QED) is 0.160. The van der Waals surface area contributed by atoms with Gasteiger partial charge in [-0.05, 0) is 168 Å². The van der Waals surface area contributed by atoms with E-state index in [1.807, 2.05) is 16.1 Å². The minimum Gasteiger partial charge on any atom is -0.575 e. The number of carbonyl (C=O) groups is 3. The summed E-state index contributed by atoms with van der Waals surface area (Å²) in [5.41, 5.74) is 7.66. The first-order chi connectivity index (χ1) is 36.7. The highest BCUT2D eigenvalue weighted by molar-refractivity contribution is 8.39. The van der Waals surface area contributed by atoms with Gasteiger partial charge in [-0.3, -0.25) is 14.8 Å². The number of thioether (sulfide) groups is 2. The van der Waals surface area contributed by atoms with Crippen LogP contribution in [-0.2, 0) is 19.2 Å². The third-order valence-corrected chi connectivity index (χ3v) is 20.8. The van der Waals surface area contributed by atoms with Crippen LogP contribution in [0.15, 0.2) is 56.2 Å². The predicted octanol–water partition coefficient (Wildman–Crippen LogP) is 7.11. The second-order valence-corrected chi connectivity index (χ2v) is 27.4. The Morgan fingerprint density at radius 2 is 1.06 bits per heavy atom. The number of halogens is 4. The van der Waals surface area contributed by atoms with Crippen molar-refractivity contribution in [2.45, 2.75) is 89.1 Å². The molecule has 3 amide bonds. The molecule has 8 heterocycles. The van der Waals surface area contributed by atoms with E-state index in [1.54, 1.807) is 21.9 Å². The molecule has 0 spiro atoms. The molecule has 0 aromatic heterocycles. The van der Waals surface area contributed by atoms with E-state index in [4.69, 9.17) is 21.7 Å². The number of carbonyl (C=O) groups excluding carboxylic acids is 3. The summed E-state index contributed by atoms with van der Waals surface area (Å²) >= 11 is 8.22. The summed E-state index contributed by atoms with van der Waals surface area (Å²) < 4.78 is 67.8. The molecule has 30 heteroatoms. The van der Waals surface area contributed by atoms with E-state index >= 15 is 0 Å². The van der Waals surface area contributed by atoms with Crippen molar-refractivity contribution >= 4 is 130 Å². The highest BCUT2D eigenvalue weighted by Crippen LogP contribution is 2.38. The number of hydrogen-bond donors (Lipinski definition) is 2. The molecule has 6 saturated heterocycles. The number of aliphatic imine (C=N–C) groups is 2. The predicted molar refractivity (Wildman–Crippen MR) is 305 cm³/mol. The molecule has 2 N–H and O–H groups in total. The van der Waals surface area contributed by atoms with Crippen molar-refractivity contribution in [3.8, 4) is 11.5 Å². The smallest absolute Gasteiger partial charge is 0.544 e. The standard InChI is InChI=1S/C24H30FN5O3S.C24H30FN5O2S2.2ClH.O5P2S/c25-18-6-5-17(15-21-22(31)27-23(34-21)30-12-2-1-9-26-30)20(16-18)33-24(32)29-13-7-19(8-14-29)28-10-3-4-11-28;25-18-6-5-17(15-21-22(33)27-23(34-21)30-12-2-1-9-26-30)20(16-18)32-24(31)29-13-7-19(8-14-29)28-10-3-4-11-28;;;1-6(2)7(3)8(4)5/h2*5-6,15-16,19,26H,1-4,7-14H2;2*1H;/b21-15+;21-15-;;;. The van der Waals surface area contributed by atoms with Gasteiger partial charge >= 0.3 is 36.4 Å². The number of hydrazine groups is 2. The fourth-order valence-electron chi connectivity index (χ4n) is 9.86. The molecular formula is C48H62Cl2F2N10O10P2S4. The van der Waals surface area contributed by atoms with E-state index < -0.39 is 48.0 Å². The van der Waals surface area contributed by atoms with E-state index in [0.29, 0.717) is 64.5 Å². The second-order valence-electron chi connectivity index (χ2n) is 18.9. The Bertz CT molecular complexity index is 2620. The van der Waals surface area contributed by atoms with Crippen LogP contribution in [0.25, 0.3) is 12.2 Å². The molecule has 0 bridgehead atoms. The summed E-state index contributed by atoms with van der Waals surface area (Å²) in [6.45, 7) is 7.54. The van der Waals surface area contributed by atoms with E-state index in [9.17, 15) is 45.9 Å². The molecule has 0 aliphatic carbocycles. The molecule has 0 saturated carbocycles. The summed E-state index contributed by atoms with van der Waals surface area (Å²) in [6.07, 6.45) is 15.7. The van der Waals surface area contributed by atoms with Gasteiger partial charge in [-0.2, -0.15) is 4.99 Å². The molecule has 0 radical (unpaired) electrons. The molecule has 20 nitrogen and oxygen atoms in total. The van der Waals surface area contributed by atoms with Crippen molar-refractivity contribution in [3.05, 3.63) is 69.0 Å². The van der Waals surface area contributed by atoms with Crippen LogP contribution in [0.2, 0.25) is 0 Å². The van der Waals surface area contributed by atoms with Crippen molar-refractivity contribution in [3.63, 3.8) is 0 Å². The maximum atomic E-state index is 14.1. The van der Waals surface area contributed by atoms with Crippen LogP contribution in [0.5, 0.6) is 11.5 Å². The van der Waals surface area contributed by atoms with Crippen molar-refractivity contribution < 1.29 is 55.4 Å². The van der Waals surface area contributed by atoms with Crippen molar-refractivity contribution in [2.75, 3.05) is 78.5 Å². The first-order valence-corrected chi connectivity index (χ1v) is 32.3. The average Bonchev–Trinajstić information content (AvgIpc) is 4.29. The summed E-state index contributed by atoms with van der Waals surface area (Å²) in [5, 5.41) is 5.35. The fraction of sp³-hybridized carbons (Fsp3) is 0.542. The molecule has 8 aliphatic heterocycles. The van der Waals surface area contributed by atoms with E-state index in [0.717, 1.165) is 114 Å². The third kappa shape index (κ3) is 17.6. The zero-order valence-electron chi connectivity index (χ0n) is 42.5. The molecular weight excluding hydrogens is 1180 g/mol. The van der Waals surface area contributed by atoms with Gasteiger partial charge in [-0.25, -0.2) is 34.2 Å². The van der Waals surface area contributed by atoms with Crippen molar-refractivity contribution in [2.24, 2.45) is 9.98 Å². The van der Waals surface area contributed by atoms with E-state index in [1.165, 1.54) is 79.5 Å². The Morgan fingerprint density at radius 3 is 1.46 bits per heavy atom. The van der Waals surface area contributed by atoms with Crippen LogP contribution in [0.4, 0.5) is 18.4 Å². The summed E-state index contributed by atoms with van der Waals surface area (Å²) in [5.74, 6) is -0.992. The number of hydrogen-bond acceptors (Lipinski definition) is 19. The summed E-state index contributed by atoms with van der Waals surface area (Å²) in [4.78, 5) is 76.4. The second kappa shape index (κ2) is 30.9. The van der Waals surface area contributed by atoms with Crippen molar-refractivity contribution in [1.29, 1.82) is 0 Å². The molecule has 2 aromatic rings. The highest BCUT2D eigenvalue weighted by Gasteiger charge is 2.33. The highest BCUT2D eigenvalue weighted by atomic mass is 35.5.